The van der Waals surface area contributed by atoms with Crippen LogP contribution in [0.2, 0.25) is 0 Å². The summed E-state index contributed by atoms with van der Waals surface area (Å²) in [6.45, 7) is 3.94. The van der Waals surface area contributed by atoms with Crippen LogP contribution in [-0.4, -0.2) is 53.7 Å². The molecule has 0 atom stereocenters. The van der Waals surface area contributed by atoms with Crippen molar-refractivity contribution >= 4 is 28.8 Å². The van der Waals surface area contributed by atoms with Gasteiger partial charge in [-0.15, -0.1) is 11.3 Å². The van der Waals surface area contributed by atoms with Gasteiger partial charge in [-0.2, -0.15) is 5.10 Å². The molecular weight excluding hydrogens is 424 g/mol. The van der Waals surface area contributed by atoms with Gasteiger partial charge in [0, 0.05) is 53.6 Å². The van der Waals surface area contributed by atoms with Gasteiger partial charge in [-0.05, 0) is 50.5 Å². The van der Waals surface area contributed by atoms with E-state index in [1.165, 1.54) is 11.3 Å². The van der Waals surface area contributed by atoms with Crippen molar-refractivity contribution in [1.29, 1.82) is 0 Å². The summed E-state index contributed by atoms with van der Waals surface area (Å²) in [6.07, 6.45) is 5.81. The lowest BCUT2D eigenvalue weighted by molar-refractivity contribution is -0.127. The zero-order chi connectivity index (χ0) is 22.3. The van der Waals surface area contributed by atoms with Crippen LogP contribution < -0.4 is 9.64 Å². The van der Waals surface area contributed by atoms with Crippen LogP contribution in [0.3, 0.4) is 0 Å². The fourth-order valence-corrected chi connectivity index (χ4v) is 5.69. The minimum absolute atomic E-state index is 0.0832. The number of benzene rings is 1. The summed E-state index contributed by atoms with van der Waals surface area (Å²) in [6, 6.07) is 9.75. The lowest BCUT2D eigenvalue weighted by Crippen LogP contribution is -2.46. The summed E-state index contributed by atoms with van der Waals surface area (Å²) in [5, 5.41) is 6.83. The van der Waals surface area contributed by atoms with E-state index in [1.54, 1.807) is 13.3 Å². The summed E-state index contributed by atoms with van der Waals surface area (Å²) in [5.41, 5.74) is 2.35. The molecule has 0 saturated carbocycles. The predicted octanol–water partition coefficient (Wildman–Crippen LogP) is 4.11. The molecule has 32 heavy (non-hydrogen) atoms. The van der Waals surface area contributed by atoms with E-state index in [0.29, 0.717) is 38.2 Å². The monoisotopic (exact) mass is 450 g/mol. The summed E-state index contributed by atoms with van der Waals surface area (Å²) in [5.74, 6) is 0.957. The van der Waals surface area contributed by atoms with Crippen molar-refractivity contribution in [1.82, 2.24) is 15.1 Å². The summed E-state index contributed by atoms with van der Waals surface area (Å²) in [4.78, 5) is 32.0. The number of amides is 2. The van der Waals surface area contributed by atoms with Gasteiger partial charge >= 0.3 is 0 Å². The molecule has 0 unspecified atom stereocenters. The van der Waals surface area contributed by atoms with Gasteiger partial charge in [0.25, 0.3) is 5.91 Å². The van der Waals surface area contributed by atoms with Crippen LogP contribution in [0, 0.1) is 12.3 Å². The molecular formula is C24H26N4O3S. The van der Waals surface area contributed by atoms with Crippen LogP contribution in [-0.2, 0) is 4.79 Å². The molecule has 2 saturated heterocycles. The van der Waals surface area contributed by atoms with Crippen LogP contribution >= 0.6 is 11.3 Å². The average molecular weight is 451 g/mol. The fourth-order valence-electron chi connectivity index (χ4n) is 4.86. The number of piperidine rings is 1. The molecule has 5 rings (SSSR count). The van der Waals surface area contributed by atoms with Crippen molar-refractivity contribution in [3.63, 3.8) is 0 Å². The highest BCUT2D eigenvalue weighted by Crippen LogP contribution is 2.44. The summed E-state index contributed by atoms with van der Waals surface area (Å²) < 4.78 is 5.60. The van der Waals surface area contributed by atoms with Crippen LogP contribution in [0.25, 0.3) is 11.1 Å². The molecule has 2 aliphatic rings. The third kappa shape index (κ3) is 3.48. The molecule has 8 heteroatoms. The zero-order valence-corrected chi connectivity index (χ0v) is 19.1. The van der Waals surface area contributed by atoms with Crippen molar-refractivity contribution in [3.8, 4) is 16.9 Å². The van der Waals surface area contributed by atoms with Crippen LogP contribution in [0.4, 0.5) is 5.69 Å². The second kappa shape index (κ2) is 8.09. The van der Waals surface area contributed by atoms with Gasteiger partial charge < -0.3 is 14.5 Å². The van der Waals surface area contributed by atoms with E-state index in [1.807, 2.05) is 53.3 Å². The van der Waals surface area contributed by atoms with Gasteiger partial charge in [-0.1, -0.05) is 0 Å². The number of ether oxygens (including phenoxy) is 1. The molecule has 1 spiro atoms. The molecule has 7 nitrogen and oxygen atoms in total. The SMILES string of the molecule is COc1cc(N2CCC3(CCN(C(=O)c4ccc(C)s4)CC3)C2=O)ccc1-c1cn[nH]c1. The number of aromatic amines is 1. The number of hydrogen-bond donors (Lipinski definition) is 1. The molecule has 0 radical (unpaired) electrons. The Labute approximate surface area is 191 Å². The number of rotatable bonds is 4. The van der Waals surface area contributed by atoms with E-state index >= 15 is 0 Å². The number of H-pyrrole nitrogens is 1. The van der Waals surface area contributed by atoms with Gasteiger partial charge in [0.15, 0.2) is 0 Å². The van der Waals surface area contributed by atoms with Gasteiger partial charge in [-0.25, -0.2) is 0 Å². The number of thiophene rings is 1. The van der Waals surface area contributed by atoms with E-state index < -0.39 is 0 Å². The highest BCUT2D eigenvalue weighted by Gasteiger charge is 2.49. The highest BCUT2D eigenvalue weighted by atomic mass is 32.1. The molecule has 1 N–H and O–H groups in total. The van der Waals surface area contributed by atoms with E-state index in [4.69, 9.17) is 4.74 Å². The predicted molar refractivity (Wildman–Crippen MR) is 124 cm³/mol. The number of aromatic nitrogens is 2. The van der Waals surface area contributed by atoms with E-state index in [2.05, 4.69) is 10.2 Å². The van der Waals surface area contributed by atoms with Crippen molar-refractivity contribution < 1.29 is 14.3 Å². The summed E-state index contributed by atoms with van der Waals surface area (Å²) >= 11 is 1.53. The smallest absolute Gasteiger partial charge is 0.263 e. The fraction of sp³-hybridized carbons (Fsp3) is 0.375. The van der Waals surface area contributed by atoms with E-state index in [9.17, 15) is 9.59 Å². The molecule has 4 heterocycles. The quantitative estimate of drug-likeness (QED) is 0.649. The molecule has 1 aromatic carbocycles. The Balaban J connectivity index is 1.31. The number of carbonyl (C=O) groups excluding carboxylic acids is 2. The van der Waals surface area contributed by atoms with E-state index in [0.717, 1.165) is 33.0 Å². The van der Waals surface area contributed by atoms with Crippen molar-refractivity contribution in [3.05, 3.63) is 52.5 Å². The molecule has 0 bridgehead atoms. The first-order valence-electron chi connectivity index (χ1n) is 10.9. The maximum Gasteiger partial charge on any atom is 0.263 e. The van der Waals surface area contributed by atoms with Gasteiger partial charge in [0.1, 0.15) is 5.75 Å². The topological polar surface area (TPSA) is 78.5 Å². The van der Waals surface area contributed by atoms with E-state index in [-0.39, 0.29) is 17.2 Å². The van der Waals surface area contributed by atoms with Crippen LogP contribution in [0.15, 0.2) is 42.7 Å². The number of nitrogens with one attached hydrogen (secondary N) is 1. The minimum atomic E-state index is -0.376. The largest absolute Gasteiger partial charge is 0.496 e. The maximum atomic E-state index is 13.5. The molecule has 2 aromatic heterocycles. The Morgan fingerprint density at radius 3 is 2.59 bits per heavy atom. The van der Waals surface area contributed by atoms with Crippen molar-refractivity contribution in [2.24, 2.45) is 5.41 Å². The normalized spacial score (nSPS) is 17.9. The first kappa shape index (κ1) is 20.8. The maximum absolute atomic E-state index is 13.5. The van der Waals surface area contributed by atoms with Crippen molar-refractivity contribution in [2.45, 2.75) is 26.2 Å². The molecule has 3 aromatic rings. The molecule has 2 aliphatic heterocycles. The Bertz CT molecular complexity index is 1150. The second-order valence-electron chi connectivity index (χ2n) is 8.56. The number of methoxy groups -OCH3 is 1. The third-order valence-corrected chi connectivity index (χ3v) is 7.77. The number of carbonyl (C=O) groups is 2. The number of nitrogens with zero attached hydrogens (tertiary/aromatic N) is 3. The Kier molecular flexibility index (Phi) is 5.25. The number of anilines is 1. The number of aryl methyl sites for hydroxylation is 1. The Hall–Kier alpha value is -3.13. The van der Waals surface area contributed by atoms with Gasteiger partial charge in [-0.3, -0.25) is 14.7 Å². The Morgan fingerprint density at radius 2 is 1.94 bits per heavy atom. The van der Waals surface area contributed by atoms with Gasteiger partial charge in [0.2, 0.25) is 5.91 Å². The molecule has 2 fully saturated rings. The molecule has 166 valence electrons. The zero-order valence-electron chi connectivity index (χ0n) is 18.3. The van der Waals surface area contributed by atoms with Gasteiger partial charge in [0.05, 0.1) is 23.6 Å². The number of hydrogen-bond acceptors (Lipinski definition) is 5. The van der Waals surface area contributed by atoms with Crippen molar-refractivity contribution in [2.75, 3.05) is 31.6 Å². The first-order chi connectivity index (χ1) is 15.5. The molecule has 2 amide bonds. The third-order valence-electron chi connectivity index (χ3n) is 6.78. The number of likely N-dealkylation sites (tertiary alicyclic amines) is 1. The van der Waals surface area contributed by atoms with Crippen LogP contribution in [0.1, 0.15) is 33.8 Å². The standard InChI is InChI=1S/C24H26N4O3S/c1-16-3-6-21(32-16)22(29)27-10-7-24(8-11-27)9-12-28(23(24)30)18-4-5-19(20(13-18)31-2)17-14-25-26-15-17/h3-6,13-15H,7-12H2,1-2H3,(H,25,26). The van der Waals surface area contributed by atoms with Crippen LogP contribution in [0.5, 0.6) is 5.75 Å². The second-order valence-corrected chi connectivity index (χ2v) is 9.85. The lowest BCUT2D eigenvalue weighted by atomic mass is 9.77. The lowest BCUT2D eigenvalue weighted by Gasteiger charge is -2.37. The minimum Gasteiger partial charge on any atom is -0.496 e. The molecule has 0 aliphatic carbocycles. The average Bonchev–Trinajstić information content (AvgIpc) is 3.56. The first-order valence-corrected chi connectivity index (χ1v) is 11.7. The highest BCUT2D eigenvalue weighted by molar-refractivity contribution is 7.13. The Morgan fingerprint density at radius 1 is 1.16 bits per heavy atom. The summed E-state index contributed by atoms with van der Waals surface area (Å²) in [7, 11) is 1.64.